The van der Waals surface area contributed by atoms with Crippen LogP contribution < -0.4 is 10.6 Å². The number of hydrogen-bond donors (Lipinski definition) is 2. The highest BCUT2D eigenvalue weighted by atomic mass is 15.2. The fourth-order valence-corrected chi connectivity index (χ4v) is 6.77. The fourth-order valence-electron chi connectivity index (χ4n) is 6.77. The Kier molecular flexibility index (Phi) is 7.52. The fraction of sp³-hybridized carbons (Fsp3) is 0.0455. The predicted molar refractivity (Wildman–Crippen MR) is 205 cm³/mol. The lowest BCUT2D eigenvalue weighted by atomic mass is 9.94. The van der Waals surface area contributed by atoms with Gasteiger partial charge in [-0.05, 0) is 27.1 Å². The maximum Gasteiger partial charge on any atom is 0.160 e. The standard InChI is InChI=1S/C44H32N6/c1-5-15-29(16-6-1)39-45-40(30-17-7-2-8-18-30)48-43(47-39)37-25-13-23-33-34-24-14-26-38(36(34)28-27-35(33)37)44-49-41(31-19-9-3-10-20-31)46-42(50-44)32-21-11-4-12-22-32/h1-28,39,44H,(H,45,47,48)(H,46,49,50). The van der Waals surface area contributed by atoms with Crippen LogP contribution in [-0.4, -0.2) is 23.3 Å². The van der Waals surface area contributed by atoms with Crippen molar-refractivity contribution in [1.29, 1.82) is 0 Å². The molecule has 0 bridgehead atoms. The Morgan fingerprint density at radius 3 is 1.52 bits per heavy atom. The molecule has 2 N–H and O–H groups in total. The van der Waals surface area contributed by atoms with Crippen molar-refractivity contribution in [1.82, 2.24) is 10.6 Å². The maximum atomic E-state index is 5.17. The molecule has 6 heteroatoms. The van der Waals surface area contributed by atoms with Crippen LogP contribution in [0.15, 0.2) is 190 Å². The van der Waals surface area contributed by atoms with Gasteiger partial charge >= 0.3 is 0 Å². The predicted octanol–water partition coefficient (Wildman–Crippen LogP) is 8.98. The molecule has 0 aliphatic carbocycles. The zero-order valence-electron chi connectivity index (χ0n) is 27.1. The van der Waals surface area contributed by atoms with Crippen molar-refractivity contribution < 1.29 is 0 Å². The van der Waals surface area contributed by atoms with E-state index in [1.165, 1.54) is 0 Å². The van der Waals surface area contributed by atoms with Gasteiger partial charge in [0.25, 0.3) is 0 Å². The molecule has 2 aliphatic rings. The number of benzene rings is 7. The van der Waals surface area contributed by atoms with Crippen LogP contribution in [0.4, 0.5) is 0 Å². The number of nitrogens with one attached hydrogen (secondary N) is 2. The molecule has 2 atom stereocenters. The minimum absolute atomic E-state index is 0.268. The number of aliphatic imine (C=N–C) groups is 4. The van der Waals surface area contributed by atoms with E-state index in [0.29, 0.717) is 11.7 Å². The van der Waals surface area contributed by atoms with Crippen molar-refractivity contribution in [3.63, 3.8) is 0 Å². The first kappa shape index (κ1) is 29.5. The number of nitrogens with zero attached hydrogens (tertiary/aromatic N) is 4. The molecule has 50 heavy (non-hydrogen) atoms. The molecule has 7 aromatic carbocycles. The molecule has 6 nitrogen and oxygen atoms in total. The van der Waals surface area contributed by atoms with E-state index in [2.05, 4.69) is 108 Å². The largest absolute Gasteiger partial charge is 0.344 e. The van der Waals surface area contributed by atoms with Crippen molar-refractivity contribution in [3.8, 4) is 0 Å². The summed E-state index contributed by atoms with van der Waals surface area (Å²) < 4.78 is 0. The second kappa shape index (κ2) is 12.7. The molecule has 7 aromatic rings. The number of rotatable bonds is 6. The van der Waals surface area contributed by atoms with Gasteiger partial charge in [-0.1, -0.05) is 170 Å². The molecule has 2 aliphatic heterocycles. The highest BCUT2D eigenvalue weighted by Gasteiger charge is 2.25. The number of amidine groups is 4. The van der Waals surface area contributed by atoms with Crippen LogP contribution in [0.1, 0.15) is 45.7 Å². The Labute approximate surface area is 290 Å². The first-order valence-electron chi connectivity index (χ1n) is 16.8. The van der Waals surface area contributed by atoms with Crippen LogP contribution >= 0.6 is 0 Å². The minimum atomic E-state index is -0.333. The summed E-state index contributed by atoms with van der Waals surface area (Å²) >= 11 is 0. The third kappa shape index (κ3) is 5.53. The van der Waals surface area contributed by atoms with Crippen molar-refractivity contribution >= 4 is 44.9 Å². The summed E-state index contributed by atoms with van der Waals surface area (Å²) in [4.78, 5) is 20.4. The van der Waals surface area contributed by atoms with E-state index in [1.54, 1.807) is 0 Å². The Morgan fingerprint density at radius 2 is 0.860 bits per heavy atom. The van der Waals surface area contributed by atoms with E-state index < -0.39 is 0 Å². The zero-order valence-corrected chi connectivity index (χ0v) is 27.1. The second-order valence-corrected chi connectivity index (χ2v) is 12.3. The van der Waals surface area contributed by atoms with Gasteiger partial charge in [0.05, 0.1) is 0 Å². The molecule has 2 unspecified atom stereocenters. The molecular formula is C44H32N6. The van der Waals surface area contributed by atoms with Crippen molar-refractivity contribution in [2.24, 2.45) is 20.0 Å². The smallest absolute Gasteiger partial charge is 0.160 e. The van der Waals surface area contributed by atoms with Crippen molar-refractivity contribution in [2.45, 2.75) is 12.3 Å². The van der Waals surface area contributed by atoms with E-state index >= 15 is 0 Å². The topological polar surface area (TPSA) is 73.5 Å². The number of hydrogen-bond acceptors (Lipinski definition) is 6. The van der Waals surface area contributed by atoms with Gasteiger partial charge in [-0.15, -0.1) is 0 Å². The van der Waals surface area contributed by atoms with Crippen LogP contribution in [0.25, 0.3) is 21.5 Å². The summed E-state index contributed by atoms with van der Waals surface area (Å²) in [7, 11) is 0. The van der Waals surface area contributed by atoms with Crippen LogP contribution in [0.5, 0.6) is 0 Å². The molecule has 0 spiro atoms. The highest BCUT2D eigenvalue weighted by molar-refractivity contribution is 6.21. The van der Waals surface area contributed by atoms with E-state index in [0.717, 1.165) is 66.6 Å². The Morgan fingerprint density at radius 1 is 0.360 bits per heavy atom. The number of fused-ring (bicyclic) bond motifs is 3. The van der Waals surface area contributed by atoms with Gasteiger partial charge in [-0.2, -0.15) is 0 Å². The monoisotopic (exact) mass is 644 g/mol. The summed E-state index contributed by atoms with van der Waals surface area (Å²) in [5, 5.41) is 11.7. The first-order chi connectivity index (χ1) is 24.8. The molecule has 0 saturated carbocycles. The quantitative estimate of drug-likeness (QED) is 0.177. The van der Waals surface area contributed by atoms with Gasteiger partial charge in [0.15, 0.2) is 11.7 Å². The molecule has 0 amide bonds. The summed E-state index contributed by atoms with van der Waals surface area (Å²) in [6.07, 6.45) is -0.601. The van der Waals surface area contributed by atoms with Gasteiger partial charge in [-0.25, -0.2) is 20.0 Å². The Hall–Kier alpha value is -6.66. The first-order valence-corrected chi connectivity index (χ1v) is 16.8. The molecule has 238 valence electrons. The normalized spacial score (nSPS) is 17.2. The van der Waals surface area contributed by atoms with Crippen LogP contribution in [-0.2, 0) is 0 Å². The van der Waals surface area contributed by atoms with E-state index in [9.17, 15) is 0 Å². The average molecular weight is 645 g/mol. The van der Waals surface area contributed by atoms with E-state index in [-0.39, 0.29) is 12.3 Å². The van der Waals surface area contributed by atoms with Crippen molar-refractivity contribution in [2.75, 3.05) is 0 Å². The van der Waals surface area contributed by atoms with E-state index in [4.69, 9.17) is 20.0 Å². The molecule has 0 aromatic heterocycles. The molecule has 0 radical (unpaired) electrons. The Bertz CT molecular complexity index is 2470. The lowest BCUT2D eigenvalue weighted by Crippen LogP contribution is -2.33. The molecule has 9 rings (SSSR count). The second-order valence-electron chi connectivity index (χ2n) is 12.3. The summed E-state index contributed by atoms with van der Waals surface area (Å²) in [6.45, 7) is 0. The van der Waals surface area contributed by atoms with Crippen LogP contribution in [0, 0.1) is 0 Å². The molecule has 0 fully saturated rings. The van der Waals surface area contributed by atoms with Gasteiger partial charge < -0.3 is 10.6 Å². The SMILES string of the molecule is c1ccc(C2=NC(c3cccc4c3ccc3c(C5=NC(c6ccccc6)NC(c6ccccc6)=N5)cccc34)NC(c3ccccc3)=N2)cc1. The van der Waals surface area contributed by atoms with E-state index in [1.807, 2.05) is 72.8 Å². The lowest BCUT2D eigenvalue weighted by Gasteiger charge is -2.25. The lowest BCUT2D eigenvalue weighted by molar-refractivity contribution is 0.674. The zero-order chi connectivity index (χ0) is 33.3. The summed E-state index contributed by atoms with van der Waals surface area (Å²) in [5.74, 6) is 3.01. The summed E-state index contributed by atoms with van der Waals surface area (Å²) in [6, 6.07) is 58.3. The molecule has 2 heterocycles. The molecular weight excluding hydrogens is 613 g/mol. The minimum Gasteiger partial charge on any atom is -0.344 e. The van der Waals surface area contributed by atoms with Crippen molar-refractivity contribution in [3.05, 3.63) is 203 Å². The van der Waals surface area contributed by atoms with Gasteiger partial charge in [0.2, 0.25) is 0 Å². The van der Waals surface area contributed by atoms with Crippen LogP contribution in [0.3, 0.4) is 0 Å². The third-order valence-electron chi connectivity index (χ3n) is 9.22. The van der Waals surface area contributed by atoms with Crippen LogP contribution in [0.2, 0.25) is 0 Å². The average Bonchev–Trinajstić information content (AvgIpc) is 3.21. The molecule has 0 saturated heterocycles. The van der Waals surface area contributed by atoms with Gasteiger partial charge in [-0.3, -0.25) is 0 Å². The highest BCUT2D eigenvalue weighted by Crippen LogP contribution is 2.35. The third-order valence-corrected chi connectivity index (χ3v) is 9.22. The van der Waals surface area contributed by atoms with Gasteiger partial charge in [0, 0.05) is 27.8 Å². The maximum absolute atomic E-state index is 5.17. The Balaban J connectivity index is 1.17. The van der Waals surface area contributed by atoms with Gasteiger partial charge in [0.1, 0.15) is 24.0 Å². The summed E-state index contributed by atoms with van der Waals surface area (Å²) in [5.41, 5.74) is 6.17.